The lowest BCUT2D eigenvalue weighted by Crippen LogP contribution is -2.27. The Morgan fingerprint density at radius 2 is 1.97 bits per heavy atom. The number of hydrogen-bond acceptors (Lipinski definition) is 5. The average Bonchev–Trinajstić information content (AvgIpc) is 3.31. The Morgan fingerprint density at radius 3 is 2.68 bits per heavy atom. The fraction of sp³-hybridized carbons (Fsp3) is 0.400. The summed E-state index contributed by atoms with van der Waals surface area (Å²) in [6.07, 6.45) is 8.53. The minimum atomic E-state index is -0.536. The summed E-state index contributed by atoms with van der Waals surface area (Å²) < 4.78 is 32.9. The molecule has 0 bridgehead atoms. The topological polar surface area (TPSA) is 62.6 Å². The van der Waals surface area contributed by atoms with Gasteiger partial charge in [0.25, 0.3) is 0 Å². The van der Waals surface area contributed by atoms with Crippen LogP contribution in [0.15, 0.2) is 54.9 Å². The van der Waals surface area contributed by atoms with E-state index >= 15 is 0 Å². The van der Waals surface area contributed by atoms with E-state index in [2.05, 4.69) is 11.1 Å². The SMILES string of the molecule is CCOC(=O)C(C)(C)CCCOc1ccc2c(c1)C=C(c1nccn1C)C(CCc1ccc(F)cc1)O2. The number of carbonyl (C=O) groups excluding carboxylic acids is 1. The van der Waals surface area contributed by atoms with E-state index in [1.807, 2.05) is 68.9 Å². The van der Waals surface area contributed by atoms with E-state index < -0.39 is 5.41 Å². The Balaban J connectivity index is 1.45. The zero-order valence-corrected chi connectivity index (χ0v) is 22.0. The number of esters is 1. The van der Waals surface area contributed by atoms with Crippen LogP contribution in [-0.4, -0.2) is 34.8 Å². The average molecular weight is 507 g/mol. The van der Waals surface area contributed by atoms with Gasteiger partial charge in [-0.25, -0.2) is 9.37 Å². The van der Waals surface area contributed by atoms with Gasteiger partial charge in [-0.2, -0.15) is 0 Å². The van der Waals surface area contributed by atoms with Gasteiger partial charge >= 0.3 is 5.97 Å². The third-order valence-electron chi connectivity index (χ3n) is 6.64. The molecular formula is C30H35FN2O4. The Bertz CT molecular complexity index is 1250. The van der Waals surface area contributed by atoms with Crippen molar-refractivity contribution < 1.29 is 23.4 Å². The summed E-state index contributed by atoms with van der Waals surface area (Å²) in [7, 11) is 1.97. The van der Waals surface area contributed by atoms with Crippen LogP contribution in [0.5, 0.6) is 11.5 Å². The highest BCUT2D eigenvalue weighted by Gasteiger charge is 2.29. The predicted octanol–water partition coefficient (Wildman–Crippen LogP) is 6.24. The molecule has 6 nitrogen and oxygen atoms in total. The second-order valence-corrected chi connectivity index (χ2v) is 9.99. The fourth-order valence-corrected chi connectivity index (χ4v) is 4.46. The summed E-state index contributed by atoms with van der Waals surface area (Å²) in [5, 5.41) is 0. The molecule has 0 saturated heterocycles. The van der Waals surface area contributed by atoms with Gasteiger partial charge in [0.15, 0.2) is 0 Å². The molecule has 1 aliphatic heterocycles. The minimum absolute atomic E-state index is 0.179. The summed E-state index contributed by atoms with van der Waals surface area (Å²) in [5.41, 5.74) is 2.45. The fourth-order valence-electron chi connectivity index (χ4n) is 4.46. The van der Waals surface area contributed by atoms with Gasteiger partial charge in [-0.3, -0.25) is 4.79 Å². The van der Waals surface area contributed by atoms with E-state index in [-0.39, 0.29) is 17.9 Å². The molecule has 0 amide bonds. The number of aryl methyl sites for hydroxylation is 2. The molecule has 3 aromatic rings. The maximum absolute atomic E-state index is 13.3. The van der Waals surface area contributed by atoms with Gasteiger partial charge in [-0.1, -0.05) is 12.1 Å². The first-order valence-corrected chi connectivity index (χ1v) is 12.8. The molecule has 0 saturated carbocycles. The zero-order valence-electron chi connectivity index (χ0n) is 22.0. The minimum Gasteiger partial charge on any atom is -0.494 e. The van der Waals surface area contributed by atoms with E-state index in [4.69, 9.17) is 14.2 Å². The number of rotatable bonds is 11. The number of benzene rings is 2. The smallest absolute Gasteiger partial charge is 0.311 e. The van der Waals surface area contributed by atoms with Crippen molar-refractivity contribution in [2.24, 2.45) is 12.5 Å². The number of fused-ring (bicyclic) bond motifs is 1. The summed E-state index contributed by atoms with van der Waals surface area (Å²) in [5.74, 6) is 1.97. The lowest BCUT2D eigenvalue weighted by molar-refractivity contribution is -0.153. The highest BCUT2D eigenvalue weighted by Crippen LogP contribution is 2.37. The molecule has 2 heterocycles. The van der Waals surface area contributed by atoms with Gasteiger partial charge in [0.2, 0.25) is 0 Å². The number of ether oxygens (including phenoxy) is 3. The van der Waals surface area contributed by atoms with Crippen LogP contribution in [0.1, 0.15) is 57.0 Å². The monoisotopic (exact) mass is 506 g/mol. The van der Waals surface area contributed by atoms with Gasteiger partial charge in [-0.15, -0.1) is 0 Å². The number of nitrogens with zero attached hydrogens (tertiary/aromatic N) is 2. The van der Waals surface area contributed by atoms with Crippen LogP contribution in [0.3, 0.4) is 0 Å². The first-order chi connectivity index (χ1) is 17.8. The number of carbonyl (C=O) groups is 1. The first-order valence-electron chi connectivity index (χ1n) is 12.8. The van der Waals surface area contributed by atoms with Gasteiger partial charge in [-0.05, 0) is 88.4 Å². The molecule has 0 N–H and O–H groups in total. The van der Waals surface area contributed by atoms with Crippen LogP contribution in [0.4, 0.5) is 4.39 Å². The van der Waals surface area contributed by atoms with E-state index in [0.717, 1.165) is 53.3 Å². The molecule has 37 heavy (non-hydrogen) atoms. The van der Waals surface area contributed by atoms with E-state index in [1.165, 1.54) is 12.1 Å². The molecule has 4 rings (SSSR count). The van der Waals surface area contributed by atoms with Crippen molar-refractivity contribution in [2.75, 3.05) is 13.2 Å². The lowest BCUT2D eigenvalue weighted by atomic mass is 9.88. The van der Waals surface area contributed by atoms with Crippen LogP contribution in [0, 0.1) is 11.2 Å². The van der Waals surface area contributed by atoms with Gasteiger partial charge < -0.3 is 18.8 Å². The number of halogens is 1. The molecular weight excluding hydrogens is 471 g/mol. The second kappa shape index (κ2) is 11.6. The molecule has 0 aliphatic carbocycles. The van der Waals surface area contributed by atoms with Crippen LogP contribution < -0.4 is 9.47 Å². The molecule has 0 spiro atoms. The van der Waals surface area contributed by atoms with Crippen molar-refractivity contribution >= 4 is 17.6 Å². The van der Waals surface area contributed by atoms with Crippen LogP contribution in [-0.2, 0) is 23.0 Å². The molecule has 196 valence electrons. The van der Waals surface area contributed by atoms with Crippen molar-refractivity contribution in [1.82, 2.24) is 9.55 Å². The molecule has 1 aliphatic rings. The molecule has 0 fully saturated rings. The largest absolute Gasteiger partial charge is 0.494 e. The first kappa shape index (κ1) is 26.5. The Kier molecular flexibility index (Phi) is 8.31. The Hall–Kier alpha value is -3.61. The van der Waals surface area contributed by atoms with Crippen LogP contribution in [0.2, 0.25) is 0 Å². The standard InChI is InChI=1S/C30H35FN2O4/c1-5-35-29(34)30(2,3)15-6-18-36-24-12-14-26-22(19-24)20-25(28-32-16-17-33(28)4)27(37-26)13-9-21-7-10-23(31)11-8-21/h7-8,10-12,14,16-17,19-20,27H,5-6,9,13,15,18H2,1-4H3. The van der Waals surface area contributed by atoms with Crippen LogP contribution in [0.25, 0.3) is 11.6 Å². The number of hydrogen-bond donors (Lipinski definition) is 0. The summed E-state index contributed by atoms with van der Waals surface area (Å²) >= 11 is 0. The molecule has 2 aromatic carbocycles. The molecule has 0 radical (unpaired) electrons. The van der Waals surface area contributed by atoms with E-state index in [0.29, 0.717) is 19.6 Å². The van der Waals surface area contributed by atoms with Crippen molar-refractivity contribution in [1.29, 1.82) is 0 Å². The van der Waals surface area contributed by atoms with Crippen molar-refractivity contribution in [3.63, 3.8) is 0 Å². The number of imidazole rings is 1. The summed E-state index contributed by atoms with van der Waals surface area (Å²) in [6.45, 7) is 6.50. The molecule has 1 aromatic heterocycles. The highest BCUT2D eigenvalue weighted by molar-refractivity contribution is 5.85. The number of aromatic nitrogens is 2. The quantitative estimate of drug-likeness (QED) is 0.228. The Morgan fingerprint density at radius 1 is 1.19 bits per heavy atom. The van der Waals surface area contributed by atoms with Crippen molar-refractivity contribution in [2.45, 2.75) is 52.6 Å². The van der Waals surface area contributed by atoms with Gasteiger partial charge in [0.05, 0.1) is 18.6 Å². The second-order valence-electron chi connectivity index (χ2n) is 9.99. The van der Waals surface area contributed by atoms with Crippen LogP contribution >= 0.6 is 0 Å². The molecule has 7 heteroatoms. The highest BCUT2D eigenvalue weighted by atomic mass is 19.1. The van der Waals surface area contributed by atoms with E-state index in [1.54, 1.807) is 6.20 Å². The maximum atomic E-state index is 13.3. The lowest BCUT2D eigenvalue weighted by Gasteiger charge is -2.27. The zero-order chi connectivity index (χ0) is 26.4. The summed E-state index contributed by atoms with van der Waals surface area (Å²) in [4.78, 5) is 16.7. The third-order valence-corrected chi connectivity index (χ3v) is 6.64. The molecule has 1 unspecified atom stereocenters. The van der Waals surface area contributed by atoms with Crippen molar-refractivity contribution in [3.05, 3.63) is 77.6 Å². The van der Waals surface area contributed by atoms with Gasteiger partial charge in [0, 0.05) is 30.6 Å². The van der Waals surface area contributed by atoms with Gasteiger partial charge in [0.1, 0.15) is 29.2 Å². The summed E-state index contributed by atoms with van der Waals surface area (Å²) in [6, 6.07) is 12.4. The van der Waals surface area contributed by atoms with E-state index in [9.17, 15) is 9.18 Å². The maximum Gasteiger partial charge on any atom is 0.311 e. The van der Waals surface area contributed by atoms with Crippen molar-refractivity contribution in [3.8, 4) is 11.5 Å². The molecule has 1 atom stereocenters. The Labute approximate surface area is 218 Å². The predicted molar refractivity (Wildman–Crippen MR) is 142 cm³/mol. The normalized spacial score (nSPS) is 14.9. The third kappa shape index (κ3) is 6.59.